The number of benzene rings is 2. The molecule has 1 atom stereocenters. The van der Waals surface area contributed by atoms with Gasteiger partial charge >= 0.3 is 5.97 Å². The van der Waals surface area contributed by atoms with E-state index in [0.717, 1.165) is 15.5 Å². The Morgan fingerprint density at radius 3 is 2.49 bits per heavy atom. The second-order valence-electron chi connectivity index (χ2n) is 8.86. The van der Waals surface area contributed by atoms with Gasteiger partial charge in [-0.05, 0) is 61.7 Å². The number of nitrogens with zero attached hydrogens (tertiary/aromatic N) is 1. The summed E-state index contributed by atoms with van der Waals surface area (Å²) in [7, 11) is 1.60. The van der Waals surface area contributed by atoms with Gasteiger partial charge in [-0.25, -0.2) is 0 Å². The van der Waals surface area contributed by atoms with Gasteiger partial charge in [0.15, 0.2) is 0 Å². The quantitative estimate of drug-likeness (QED) is 0.353. The molecule has 0 bridgehead atoms. The lowest BCUT2D eigenvalue weighted by Gasteiger charge is -2.33. The monoisotopic (exact) mass is 564 g/mol. The molecule has 1 saturated heterocycles. The van der Waals surface area contributed by atoms with Crippen molar-refractivity contribution < 1.29 is 24.2 Å². The minimum Gasteiger partial charge on any atom is -0.496 e. The zero-order valence-corrected chi connectivity index (χ0v) is 23.0. The standard InChI is InChI=1S/C27H30Cl2N2O5S/c1-17(16-25(34)35)15-24(33)31(19-11-13-30-14-12-19)23(32)10-8-18-7-9-22(27(29)26(18)28)37-21-6-4-3-5-20(21)36-2/h3-10,17,19,30H,11-16H2,1-2H3,(H,34,35). The maximum atomic E-state index is 13.2. The fourth-order valence-electron chi connectivity index (χ4n) is 4.16. The fourth-order valence-corrected chi connectivity index (χ4v) is 5.69. The van der Waals surface area contributed by atoms with E-state index in [0.29, 0.717) is 41.5 Å². The number of halogens is 2. The SMILES string of the molecule is COc1ccccc1Sc1ccc(C=CC(=O)N(C(=O)CC(C)CC(=O)O)C2CCNCC2)c(Cl)c1Cl. The third-order valence-electron chi connectivity index (χ3n) is 6.00. The lowest BCUT2D eigenvalue weighted by molar-refractivity contribution is -0.146. The molecule has 1 aliphatic heterocycles. The number of hydrogen-bond donors (Lipinski definition) is 2. The van der Waals surface area contributed by atoms with Gasteiger partial charge in [-0.2, -0.15) is 0 Å². The van der Waals surface area contributed by atoms with E-state index in [9.17, 15) is 14.4 Å². The topological polar surface area (TPSA) is 95.9 Å². The Balaban J connectivity index is 1.79. The number of methoxy groups -OCH3 is 1. The van der Waals surface area contributed by atoms with E-state index in [1.165, 1.54) is 22.7 Å². The summed E-state index contributed by atoms with van der Waals surface area (Å²) in [5.74, 6) is -1.47. The maximum absolute atomic E-state index is 13.2. The minimum absolute atomic E-state index is 0.0166. The van der Waals surface area contributed by atoms with Crippen LogP contribution in [0.4, 0.5) is 0 Å². The van der Waals surface area contributed by atoms with E-state index < -0.39 is 11.9 Å². The van der Waals surface area contributed by atoms with Crippen molar-refractivity contribution in [3.63, 3.8) is 0 Å². The molecule has 1 unspecified atom stereocenters. The molecule has 37 heavy (non-hydrogen) atoms. The smallest absolute Gasteiger partial charge is 0.303 e. The molecule has 2 aromatic carbocycles. The lowest BCUT2D eigenvalue weighted by Crippen LogP contribution is -2.49. The van der Waals surface area contributed by atoms with Gasteiger partial charge in [-0.15, -0.1) is 0 Å². The number of ether oxygens (including phenoxy) is 1. The summed E-state index contributed by atoms with van der Waals surface area (Å²) >= 11 is 14.5. The largest absolute Gasteiger partial charge is 0.496 e. The Morgan fingerprint density at radius 1 is 1.11 bits per heavy atom. The van der Waals surface area contributed by atoms with Gasteiger partial charge in [0.05, 0.1) is 22.1 Å². The first-order valence-electron chi connectivity index (χ1n) is 12.0. The summed E-state index contributed by atoms with van der Waals surface area (Å²) in [5, 5.41) is 12.9. The molecule has 198 valence electrons. The van der Waals surface area contributed by atoms with E-state index in [1.54, 1.807) is 26.2 Å². The van der Waals surface area contributed by atoms with Crippen LogP contribution in [0.3, 0.4) is 0 Å². The Hall–Kier alpha value is -2.52. The Bertz CT molecular complexity index is 1170. The van der Waals surface area contributed by atoms with Crippen molar-refractivity contribution in [1.29, 1.82) is 0 Å². The summed E-state index contributed by atoms with van der Waals surface area (Å²) < 4.78 is 5.40. The fraction of sp³-hybridized carbons (Fsp3) is 0.370. The second kappa shape index (κ2) is 13.9. The average Bonchev–Trinajstić information content (AvgIpc) is 2.87. The van der Waals surface area contributed by atoms with Crippen LogP contribution in [0.2, 0.25) is 10.0 Å². The minimum atomic E-state index is -0.973. The first-order valence-corrected chi connectivity index (χ1v) is 13.5. The van der Waals surface area contributed by atoms with Gasteiger partial charge < -0.3 is 15.2 Å². The van der Waals surface area contributed by atoms with Gasteiger partial charge in [-0.1, -0.05) is 60.1 Å². The van der Waals surface area contributed by atoms with Crippen molar-refractivity contribution in [2.75, 3.05) is 20.2 Å². The number of aliphatic carboxylic acids is 1. The van der Waals surface area contributed by atoms with Crippen molar-refractivity contribution in [2.45, 2.75) is 48.4 Å². The Morgan fingerprint density at radius 2 is 1.81 bits per heavy atom. The molecule has 7 nitrogen and oxygen atoms in total. The number of para-hydroxylation sites is 1. The number of amides is 2. The zero-order chi connectivity index (χ0) is 26.9. The second-order valence-corrected chi connectivity index (χ2v) is 10.7. The van der Waals surface area contributed by atoms with E-state index in [1.807, 2.05) is 30.3 Å². The van der Waals surface area contributed by atoms with E-state index in [2.05, 4.69) is 5.32 Å². The van der Waals surface area contributed by atoms with Crippen LogP contribution in [-0.2, 0) is 14.4 Å². The highest BCUT2D eigenvalue weighted by Crippen LogP contribution is 2.42. The highest BCUT2D eigenvalue weighted by molar-refractivity contribution is 7.99. The van der Waals surface area contributed by atoms with Crippen LogP contribution in [0.15, 0.2) is 52.3 Å². The molecule has 1 heterocycles. The molecule has 0 saturated carbocycles. The van der Waals surface area contributed by atoms with Crippen LogP contribution in [0.1, 0.15) is 38.2 Å². The van der Waals surface area contributed by atoms with Crippen molar-refractivity contribution >= 4 is 58.8 Å². The number of carboxylic acids is 1. The Kier molecular flexibility index (Phi) is 10.9. The number of nitrogens with one attached hydrogen (secondary N) is 1. The van der Waals surface area contributed by atoms with Crippen molar-refractivity contribution in [3.8, 4) is 5.75 Å². The van der Waals surface area contributed by atoms with Gasteiger partial charge in [0.2, 0.25) is 5.91 Å². The maximum Gasteiger partial charge on any atom is 0.303 e. The van der Waals surface area contributed by atoms with Crippen LogP contribution in [0.5, 0.6) is 5.75 Å². The normalized spacial score (nSPS) is 14.9. The molecule has 0 aromatic heterocycles. The molecule has 2 N–H and O–H groups in total. The van der Waals surface area contributed by atoms with Crippen LogP contribution < -0.4 is 10.1 Å². The van der Waals surface area contributed by atoms with Crippen molar-refractivity contribution in [3.05, 3.63) is 58.1 Å². The molecular weight excluding hydrogens is 535 g/mol. The van der Waals surface area contributed by atoms with Crippen LogP contribution >= 0.6 is 35.0 Å². The predicted molar refractivity (Wildman–Crippen MR) is 146 cm³/mol. The number of carboxylic acid groups (broad SMARTS) is 1. The summed E-state index contributed by atoms with van der Waals surface area (Å²) in [6.07, 6.45) is 4.00. The third kappa shape index (κ3) is 7.98. The number of hydrogen-bond acceptors (Lipinski definition) is 6. The van der Waals surface area contributed by atoms with Crippen molar-refractivity contribution in [1.82, 2.24) is 10.2 Å². The summed E-state index contributed by atoms with van der Waals surface area (Å²) in [6, 6.07) is 10.9. The zero-order valence-electron chi connectivity index (χ0n) is 20.7. The first kappa shape index (κ1) is 29.0. The number of imide groups is 1. The molecular formula is C27H30Cl2N2O5S. The van der Waals surface area contributed by atoms with Gasteiger partial charge in [0, 0.05) is 29.9 Å². The lowest BCUT2D eigenvalue weighted by atomic mass is 9.99. The summed E-state index contributed by atoms with van der Waals surface area (Å²) in [6.45, 7) is 3.09. The van der Waals surface area contributed by atoms with Crippen LogP contribution in [0, 0.1) is 5.92 Å². The molecule has 1 aliphatic rings. The molecule has 0 aliphatic carbocycles. The number of carbonyl (C=O) groups is 3. The number of carbonyl (C=O) groups excluding carboxylic acids is 2. The highest BCUT2D eigenvalue weighted by Gasteiger charge is 2.30. The average molecular weight is 566 g/mol. The first-order chi connectivity index (χ1) is 17.7. The summed E-state index contributed by atoms with van der Waals surface area (Å²) in [5.41, 5.74) is 0.543. The molecule has 2 aromatic rings. The predicted octanol–water partition coefficient (Wildman–Crippen LogP) is 5.77. The molecule has 1 fully saturated rings. The number of rotatable bonds is 10. The van der Waals surface area contributed by atoms with E-state index >= 15 is 0 Å². The molecule has 0 spiro atoms. The van der Waals surface area contributed by atoms with E-state index in [4.69, 9.17) is 33.0 Å². The Labute approximate surface area is 231 Å². The van der Waals surface area contributed by atoms with Gasteiger partial charge in [-0.3, -0.25) is 19.3 Å². The molecule has 2 amide bonds. The van der Waals surface area contributed by atoms with E-state index in [-0.39, 0.29) is 30.7 Å². The van der Waals surface area contributed by atoms with Crippen LogP contribution in [0.25, 0.3) is 6.08 Å². The third-order valence-corrected chi connectivity index (χ3v) is 8.12. The molecule has 3 rings (SSSR count). The molecule has 0 radical (unpaired) electrons. The molecule has 10 heteroatoms. The van der Waals surface area contributed by atoms with Gasteiger partial charge in [0.1, 0.15) is 5.75 Å². The van der Waals surface area contributed by atoms with Crippen molar-refractivity contribution in [2.24, 2.45) is 5.92 Å². The van der Waals surface area contributed by atoms with Gasteiger partial charge in [0.25, 0.3) is 5.91 Å². The van der Waals surface area contributed by atoms with Crippen LogP contribution in [-0.4, -0.2) is 54.0 Å². The summed E-state index contributed by atoms with van der Waals surface area (Å²) in [4.78, 5) is 40.2. The highest BCUT2D eigenvalue weighted by atomic mass is 35.5. The number of piperidine rings is 1.